The summed E-state index contributed by atoms with van der Waals surface area (Å²) in [5.41, 5.74) is -1.32. The number of aromatic nitrogens is 2. The summed E-state index contributed by atoms with van der Waals surface area (Å²) >= 11 is 0. The maximum absolute atomic E-state index is 12.0. The van der Waals surface area contributed by atoms with Gasteiger partial charge in [-0.15, -0.1) is 0 Å². The van der Waals surface area contributed by atoms with Gasteiger partial charge in [-0.2, -0.15) is 4.98 Å². The number of hydrogen-bond donors (Lipinski definition) is 1. The van der Waals surface area contributed by atoms with Gasteiger partial charge in [0.15, 0.2) is 5.82 Å². The molecule has 0 radical (unpaired) electrons. The monoisotopic (exact) mass is 352 g/mol. The maximum atomic E-state index is 12.0. The highest BCUT2D eigenvalue weighted by molar-refractivity contribution is 5.68. The van der Waals surface area contributed by atoms with E-state index < -0.39 is 17.2 Å². The molecule has 7 nitrogen and oxygen atoms in total. The third kappa shape index (κ3) is 5.99. The van der Waals surface area contributed by atoms with Crippen molar-refractivity contribution in [1.29, 1.82) is 0 Å². The molecule has 1 fully saturated rings. The molecule has 1 aliphatic rings. The van der Waals surface area contributed by atoms with Crippen LogP contribution in [0.25, 0.3) is 0 Å². The molecule has 25 heavy (non-hydrogen) atoms. The Hall–Kier alpha value is -1.63. The van der Waals surface area contributed by atoms with Gasteiger partial charge in [0, 0.05) is 13.1 Å². The molecule has 1 aromatic rings. The second-order valence-corrected chi connectivity index (χ2v) is 8.90. The summed E-state index contributed by atoms with van der Waals surface area (Å²) < 4.78 is 10.7. The second kappa shape index (κ2) is 7.32. The van der Waals surface area contributed by atoms with Crippen LogP contribution in [0.5, 0.6) is 0 Å². The first-order valence-corrected chi connectivity index (χ1v) is 9.01. The van der Waals surface area contributed by atoms with E-state index in [-0.39, 0.29) is 0 Å². The van der Waals surface area contributed by atoms with Gasteiger partial charge in [0.1, 0.15) is 11.1 Å². The van der Waals surface area contributed by atoms with Crippen molar-refractivity contribution in [1.82, 2.24) is 20.4 Å². The largest absolute Gasteiger partial charge is 0.444 e. The fourth-order valence-electron chi connectivity index (χ4n) is 3.30. The van der Waals surface area contributed by atoms with E-state index in [0.29, 0.717) is 30.1 Å². The first-order valence-electron chi connectivity index (χ1n) is 9.01. The number of amides is 1. The van der Waals surface area contributed by atoms with Crippen LogP contribution in [0.1, 0.15) is 66.6 Å². The minimum absolute atomic E-state index is 0.450. The molecule has 7 heteroatoms. The number of rotatable bonds is 4. The van der Waals surface area contributed by atoms with E-state index in [1.165, 1.54) is 6.42 Å². The Kier molecular flexibility index (Phi) is 5.76. The third-order valence-corrected chi connectivity index (χ3v) is 4.14. The molecule has 2 heterocycles. The van der Waals surface area contributed by atoms with Crippen LogP contribution in [0, 0.1) is 11.8 Å². The number of alkyl carbamates (subject to hydrolysis) is 1. The van der Waals surface area contributed by atoms with E-state index >= 15 is 0 Å². The SMILES string of the molecule is C[C@@H]1C[C@H](C)CN(Cc2nc(C(C)(C)NC(=O)OC(C)(C)C)no2)C1. The lowest BCUT2D eigenvalue weighted by Gasteiger charge is -2.33. The van der Waals surface area contributed by atoms with E-state index in [1.807, 2.05) is 34.6 Å². The zero-order valence-electron chi connectivity index (χ0n) is 16.5. The van der Waals surface area contributed by atoms with Crippen LogP contribution >= 0.6 is 0 Å². The summed E-state index contributed by atoms with van der Waals surface area (Å²) in [6.45, 7) is 16.4. The summed E-state index contributed by atoms with van der Waals surface area (Å²) in [7, 11) is 0. The summed E-state index contributed by atoms with van der Waals surface area (Å²) in [4.78, 5) is 18.9. The fourth-order valence-corrected chi connectivity index (χ4v) is 3.30. The molecule has 1 aromatic heterocycles. The molecular weight excluding hydrogens is 320 g/mol. The Morgan fingerprint density at radius 2 is 1.84 bits per heavy atom. The zero-order valence-corrected chi connectivity index (χ0v) is 16.5. The van der Waals surface area contributed by atoms with Crippen LogP contribution < -0.4 is 5.32 Å². The number of likely N-dealkylation sites (tertiary alicyclic amines) is 1. The molecule has 1 N–H and O–H groups in total. The van der Waals surface area contributed by atoms with Crippen molar-refractivity contribution in [3.05, 3.63) is 11.7 Å². The van der Waals surface area contributed by atoms with Gasteiger partial charge in [-0.3, -0.25) is 4.90 Å². The third-order valence-electron chi connectivity index (χ3n) is 4.14. The molecule has 0 aliphatic carbocycles. The highest BCUT2D eigenvalue weighted by atomic mass is 16.6. The van der Waals surface area contributed by atoms with Crippen LogP contribution in [-0.4, -0.2) is 39.8 Å². The van der Waals surface area contributed by atoms with E-state index in [9.17, 15) is 4.79 Å². The summed E-state index contributed by atoms with van der Waals surface area (Å²) in [6.07, 6.45) is 0.765. The number of carbonyl (C=O) groups is 1. The Morgan fingerprint density at radius 1 is 1.24 bits per heavy atom. The number of nitrogens with zero attached hydrogens (tertiary/aromatic N) is 3. The molecule has 0 saturated carbocycles. The van der Waals surface area contributed by atoms with E-state index in [1.54, 1.807) is 0 Å². The lowest BCUT2D eigenvalue weighted by molar-refractivity contribution is 0.0465. The van der Waals surface area contributed by atoms with Gasteiger partial charge in [0.25, 0.3) is 0 Å². The summed E-state index contributed by atoms with van der Waals surface area (Å²) in [5, 5.41) is 6.86. The van der Waals surface area contributed by atoms with Gasteiger partial charge < -0.3 is 14.6 Å². The first-order chi connectivity index (χ1) is 11.4. The molecule has 1 aliphatic heterocycles. The van der Waals surface area contributed by atoms with E-state index in [0.717, 1.165) is 13.1 Å². The molecule has 2 atom stereocenters. The maximum Gasteiger partial charge on any atom is 0.408 e. The smallest absolute Gasteiger partial charge is 0.408 e. The molecule has 1 amide bonds. The molecule has 0 unspecified atom stereocenters. The minimum Gasteiger partial charge on any atom is -0.444 e. The first kappa shape index (κ1) is 19.7. The van der Waals surface area contributed by atoms with Crippen molar-refractivity contribution in [3.8, 4) is 0 Å². The average Bonchev–Trinajstić information content (AvgIpc) is 2.83. The molecule has 0 spiro atoms. The Labute approximate surface area is 150 Å². The lowest BCUT2D eigenvalue weighted by Crippen LogP contribution is -2.44. The van der Waals surface area contributed by atoms with Gasteiger partial charge in [-0.1, -0.05) is 19.0 Å². The van der Waals surface area contributed by atoms with Crippen LogP contribution in [0.2, 0.25) is 0 Å². The van der Waals surface area contributed by atoms with Crippen LogP contribution in [0.4, 0.5) is 4.79 Å². The number of ether oxygens (including phenoxy) is 1. The van der Waals surface area contributed by atoms with Gasteiger partial charge in [-0.25, -0.2) is 4.79 Å². The number of hydrogen-bond acceptors (Lipinski definition) is 6. The quantitative estimate of drug-likeness (QED) is 0.895. The minimum atomic E-state index is -0.771. The predicted molar refractivity (Wildman–Crippen MR) is 94.9 cm³/mol. The zero-order chi connectivity index (χ0) is 18.8. The molecule has 0 aromatic carbocycles. The standard InChI is InChI=1S/C18H32N4O3/c1-12-8-13(2)10-22(9-12)11-14-19-15(21-25-14)18(6,7)20-16(23)24-17(3,4)5/h12-13H,8-11H2,1-7H3,(H,20,23)/t12-,13+. The molecular formula is C18H32N4O3. The normalized spacial score (nSPS) is 22.7. The topological polar surface area (TPSA) is 80.5 Å². The average molecular weight is 352 g/mol. The highest BCUT2D eigenvalue weighted by Gasteiger charge is 2.31. The van der Waals surface area contributed by atoms with Gasteiger partial charge in [0.2, 0.25) is 5.89 Å². The van der Waals surface area contributed by atoms with Crippen molar-refractivity contribution in [2.45, 2.75) is 72.6 Å². The van der Waals surface area contributed by atoms with Gasteiger partial charge >= 0.3 is 6.09 Å². The van der Waals surface area contributed by atoms with E-state index in [2.05, 4.69) is 34.2 Å². The Bertz CT molecular complexity index is 581. The van der Waals surface area contributed by atoms with Gasteiger partial charge in [0.05, 0.1) is 6.54 Å². The highest BCUT2D eigenvalue weighted by Crippen LogP contribution is 2.23. The van der Waals surface area contributed by atoms with Gasteiger partial charge in [-0.05, 0) is 52.9 Å². The predicted octanol–water partition coefficient (Wildman–Crippen LogP) is 3.31. The van der Waals surface area contributed by atoms with E-state index in [4.69, 9.17) is 9.26 Å². The fraction of sp³-hybridized carbons (Fsp3) is 0.833. The molecule has 2 rings (SSSR count). The molecule has 0 bridgehead atoms. The lowest BCUT2D eigenvalue weighted by atomic mass is 9.92. The van der Waals surface area contributed by atoms with Crippen molar-refractivity contribution in [2.24, 2.45) is 11.8 Å². The van der Waals surface area contributed by atoms with Crippen LogP contribution in [-0.2, 0) is 16.8 Å². The van der Waals surface area contributed by atoms with Crippen molar-refractivity contribution >= 4 is 6.09 Å². The summed E-state index contributed by atoms with van der Waals surface area (Å²) in [5.74, 6) is 2.38. The van der Waals surface area contributed by atoms with Crippen molar-refractivity contribution < 1.29 is 14.1 Å². The number of piperidine rings is 1. The number of carbonyl (C=O) groups excluding carboxylic acids is 1. The Morgan fingerprint density at radius 3 is 2.40 bits per heavy atom. The summed E-state index contributed by atoms with van der Waals surface area (Å²) in [6, 6.07) is 0. The van der Waals surface area contributed by atoms with Crippen LogP contribution in [0.15, 0.2) is 4.52 Å². The molecule has 142 valence electrons. The Balaban J connectivity index is 1.98. The second-order valence-electron chi connectivity index (χ2n) is 8.90. The van der Waals surface area contributed by atoms with Crippen molar-refractivity contribution in [3.63, 3.8) is 0 Å². The van der Waals surface area contributed by atoms with Crippen molar-refractivity contribution in [2.75, 3.05) is 13.1 Å². The number of nitrogens with one attached hydrogen (secondary N) is 1. The van der Waals surface area contributed by atoms with Crippen LogP contribution in [0.3, 0.4) is 0 Å². The molecule has 1 saturated heterocycles.